The van der Waals surface area contributed by atoms with Gasteiger partial charge in [-0.1, -0.05) is 6.92 Å². The normalized spacial score (nSPS) is 31.2. The van der Waals surface area contributed by atoms with Crippen molar-refractivity contribution in [2.24, 2.45) is 5.41 Å². The van der Waals surface area contributed by atoms with Gasteiger partial charge in [0.1, 0.15) is 6.10 Å². The van der Waals surface area contributed by atoms with Gasteiger partial charge in [-0.2, -0.15) is 0 Å². The molecule has 1 heterocycles. The zero-order valence-corrected chi connectivity index (χ0v) is 9.86. The Hall–Kier alpha value is -1.10. The van der Waals surface area contributed by atoms with Crippen LogP contribution in [-0.4, -0.2) is 36.4 Å². The van der Waals surface area contributed by atoms with E-state index in [1.807, 2.05) is 13.8 Å². The molecule has 0 saturated carbocycles. The van der Waals surface area contributed by atoms with Gasteiger partial charge < -0.3 is 14.6 Å². The van der Waals surface area contributed by atoms with Gasteiger partial charge in [0.15, 0.2) is 0 Å². The Kier molecular flexibility index (Phi) is 3.91. The fraction of sp³-hybridized carbons (Fsp3) is 0.818. The van der Waals surface area contributed by atoms with Crippen molar-refractivity contribution in [1.82, 2.24) is 0 Å². The molecule has 92 valence electrons. The minimum atomic E-state index is -0.966. The van der Waals surface area contributed by atoms with Gasteiger partial charge in [0.2, 0.25) is 0 Å². The molecule has 1 aliphatic rings. The van der Waals surface area contributed by atoms with E-state index in [4.69, 9.17) is 14.6 Å². The lowest BCUT2D eigenvalue weighted by atomic mass is 9.75. The van der Waals surface area contributed by atoms with Gasteiger partial charge in [0.25, 0.3) is 0 Å². The van der Waals surface area contributed by atoms with Crippen LogP contribution in [0.4, 0.5) is 0 Å². The summed E-state index contributed by atoms with van der Waals surface area (Å²) in [6.45, 7) is 3.66. The first-order valence-electron chi connectivity index (χ1n) is 5.42. The number of hydrogen-bond acceptors (Lipinski definition) is 4. The van der Waals surface area contributed by atoms with Crippen LogP contribution in [-0.2, 0) is 19.1 Å². The summed E-state index contributed by atoms with van der Waals surface area (Å²) in [4.78, 5) is 22.6. The van der Waals surface area contributed by atoms with Crippen LogP contribution in [0.2, 0.25) is 0 Å². The zero-order chi connectivity index (χ0) is 12.3. The Bertz CT molecular complexity index is 288. The lowest BCUT2D eigenvalue weighted by molar-refractivity contribution is -0.157. The van der Waals surface area contributed by atoms with Crippen molar-refractivity contribution in [2.75, 3.05) is 7.11 Å². The van der Waals surface area contributed by atoms with Crippen molar-refractivity contribution in [1.29, 1.82) is 0 Å². The highest BCUT2D eigenvalue weighted by atomic mass is 16.6. The number of rotatable bonds is 5. The molecule has 0 bridgehead atoms. The average Bonchev–Trinajstić information content (AvgIpc) is 2.50. The van der Waals surface area contributed by atoms with Crippen LogP contribution in [0.3, 0.4) is 0 Å². The van der Waals surface area contributed by atoms with Gasteiger partial charge in [0, 0.05) is 13.5 Å². The molecule has 0 unspecified atom stereocenters. The molecule has 16 heavy (non-hydrogen) atoms. The van der Waals surface area contributed by atoms with Gasteiger partial charge in [0.05, 0.1) is 17.9 Å². The topological polar surface area (TPSA) is 72.8 Å². The maximum atomic E-state index is 11.8. The van der Waals surface area contributed by atoms with Crippen LogP contribution in [0.15, 0.2) is 0 Å². The first-order chi connectivity index (χ1) is 7.46. The quantitative estimate of drug-likeness (QED) is 0.718. The van der Waals surface area contributed by atoms with E-state index < -0.39 is 17.5 Å². The average molecular weight is 230 g/mol. The minimum absolute atomic E-state index is 0.168. The fourth-order valence-electron chi connectivity index (χ4n) is 2.38. The predicted octanol–water partition coefficient (Wildman–Crippen LogP) is 1.21. The molecule has 0 aromatic rings. The number of carbonyl (C=O) groups is 2. The van der Waals surface area contributed by atoms with E-state index in [0.29, 0.717) is 12.8 Å². The lowest BCUT2D eigenvalue weighted by Crippen LogP contribution is -2.41. The second-order valence-electron chi connectivity index (χ2n) is 4.25. The number of hydrogen-bond donors (Lipinski definition) is 1. The van der Waals surface area contributed by atoms with Crippen LogP contribution < -0.4 is 0 Å². The summed E-state index contributed by atoms with van der Waals surface area (Å²) in [5.41, 5.74) is -0.799. The van der Waals surface area contributed by atoms with Gasteiger partial charge in [-0.15, -0.1) is 0 Å². The van der Waals surface area contributed by atoms with Crippen molar-refractivity contribution >= 4 is 11.9 Å². The predicted molar refractivity (Wildman–Crippen MR) is 55.9 cm³/mol. The summed E-state index contributed by atoms with van der Waals surface area (Å²) in [6, 6.07) is 0. The maximum Gasteiger partial charge on any atom is 0.315 e. The third kappa shape index (κ3) is 2.19. The number of methoxy groups -OCH3 is 1. The molecule has 0 aromatic carbocycles. The summed E-state index contributed by atoms with van der Waals surface area (Å²) in [5, 5.41) is 8.81. The number of carboxylic acids is 1. The minimum Gasteiger partial charge on any atom is -0.481 e. The van der Waals surface area contributed by atoms with Crippen LogP contribution in [0.1, 0.15) is 33.1 Å². The van der Waals surface area contributed by atoms with Crippen LogP contribution in [0.5, 0.6) is 0 Å². The Morgan fingerprint density at radius 1 is 1.75 bits per heavy atom. The molecular weight excluding hydrogens is 212 g/mol. The van der Waals surface area contributed by atoms with Crippen molar-refractivity contribution in [3.8, 4) is 0 Å². The molecule has 5 heteroatoms. The zero-order valence-electron chi connectivity index (χ0n) is 9.86. The summed E-state index contributed by atoms with van der Waals surface area (Å²) in [7, 11) is 1.43. The van der Waals surface area contributed by atoms with E-state index >= 15 is 0 Å². The smallest absolute Gasteiger partial charge is 0.315 e. The van der Waals surface area contributed by atoms with E-state index in [2.05, 4.69) is 0 Å². The number of carbonyl (C=O) groups excluding carboxylic acids is 1. The summed E-state index contributed by atoms with van der Waals surface area (Å²) in [6.07, 6.45) is 0.0914. The molecule has 0 aromatic heterocycles. The number of ether oxygens (including phenoxy) is 2. The summed E-state index contributed by atoms with van der Waals surface area (Å²) in [5.74, 6) is -1.30. The number of aliphatic carboxylic acids is 1. The van der Waals surface area contributed by atoms with Crippen LogP contribution in [0, 0.1) is 5.41 Å². The van der Waals surface area contributed by atoms with Gasteiger partial charge in [-0.3, -0.25) is 9.59 Å². The molecule has 0 amide bonds. The Morgan fingerprint density at radius 3 is 2.69 bits per heavy atom. The van der Waals surface area contributed by atoms with E-state index in [-0.39, 0.29) is 18.5 Å². The molecule has 1 saturated heterocycles. The van der Waals surface area contributed by atoms with Crippen molar-refractivity contribution < 1.29 is 24.2 Å². The maximum absolute atomic E-state index is 11.8. The van der Waals surface area contributed by atoms with Crippen molar-refractivity contribution in [3.05, 3.63) is 0 Å². The molecule has 1 rings (SSSR count). The van der Waals surface area contributed by atoms with Crippen molar-refractivity contribution in [2.45, 2.75) is 45.3 Å². The molecule has 1 aliphatic heterocycles. The second-order valence-corrected chi connectivity index (χ2v) is 4.25. The van der Waals surface area contributed by atoms with E-state index in [1.165, 1.54) is 7.11 Å². The van der Waals surface area contributed by atoms with Crippen LogP contribution >= 0.6 is 0 Å². The standard InChI is InChI=1S/C11H18O5/c1-4-11(6-7(2)16-10(11)14)8(15-3)5-9(12)13/h7-8H,4-6H2,1-3H3,(H,12,13)/t7-,8-,11+/m0/s1. The van der Waals surface area contributed by atoms with Crippen LogP contribution in [0.25, 0.3) is 0 Å². The largest absolute Gasteiger partial charge is 0.481 e. The molecule has 1 fully saturated rings. The molecule has 3 atom stereocenters. The molecule has 1 N–H and O–H groups in total. The summed E-state index contributed by atoms with van der Waals surface area (Å²) >= 11 is 0. The first-order valence-corrected chi connectivity index (χ1v) is 5.42. The van der Waals surface area contributed by atoms with Gasteiger partial charge in [-0.05, 0) is 13.3 Å². The van der Waals surface area contributed by atoms with E-state index in [9.17, 15) is 9.59 Å². The lowest BCUT2D eigenvalue weighted by Gasteiger charge is -2.30. The Balaban J connectivity index is 2.93. The molecule has 5 nitrogen and oxygen atoms in total. The number of cyclic esters (lactones) is 1. The van der Waals surface area contributed by atoms with Gasteiger partial charge in [-0.25, -0.2) is 0 Å². The second kappa shape index (κ2) is 4.82. The third-order valence-corrected chi connectivity index (χ3v) is 3.26. The van der Waals surface area contributed by atoms with E-state index in [0.717, 1.165) is 0 Å². The SMILES string of the molecule is CC[C@]1([C@H](CC(=O)O)OC)C[C@H](C)OC1=O. The van der Waals surface area contributed by atoms with E-state index in [1.54, 1.807) is 0 Å². The highest BCUT2D eigenvalue weighted by Gasteiger charge is 2.52. The molecule has 0 spiro atoms. The molecule has 0 radical (unpaired) electrons. The summed E-state index contributed by atoms with van der Waals surface area (Å²) < 4.78 is 10.3. The number of esters is 1. The first kappa shape index (κ1) is 13.0. The highest BCUT2D eigenvalue weighted by molar-refractivity contribution is 5.81. The Morgan fingerprint density at radius 2 is 2.38 bits per heavy atom. The highest BCUT2D eigenvalue weighted by Crippen LogP contribution is 2.42. The molecule has 0 aliphatic carbocycles. The number of carboxylic acid groups (broad SMARTS) is 1. The Labute approximate surface area is 94.7 Å². The van der Waals surface area contributed by atoms with Gasteiger partial charge >= 0.3 is 11.9 Å². The van der Waals surface area contributed by atoms with Crippen molar-refractivity contribution in [3.63, 3.8) is 0 Å². The monoisotopic (exact) mass is 230 g/mol. The fourth-order valence-corrected chi connectivity index (χ4v) is 2.38. The molecular formula is C11H18O5. The third-order valence-electron chi connectivity index (χ3n) is 3.26.